The molecule has 0 spiro atoms. The maximum atomic E-state index is 13.6. The van der Waals surface area contributed by atoms with Gasteiger partial charge in [-0.3, -0.25) is 0 Å². The Labute approximate surface area is 124 Å². The molecule has 1 heterocycles. The van der Waals surface area contributed by atoms with E-state index >= 15 is 0 Å². The molecule has 0 aliphatic heterocycles. The van der Waals surface area contributed by atoms with E-state index in [9.17, 15) is 8.78 Å². The average molecular weight is 394 g/mol. The largest absolute Gasteiger partial charge is 0.337 e. The lowest BCUT2D eigenvalue weighted by atomic mass is 10.3. The van der Waals surface area contributed by atoms with Crippen molar-refractivity contribution in [1.82, 2.24) is 4.98 Å². The van der Waals surface area contributed by atoms with E-state index in [-0.39, 0.29) is 11.6 Å². The molecule has 2 aromatic rings. The molecule has 0 atom stereocenters. The van der Waals surface area contributed by atoms with Crippen molar-refractivity contribution in [2.75, 3.05) is 10.7 Å². The van der Waals surface area contributed by atoms with Gasteiger partial charge in [0, 0.05) is 15.0 Å². The molecule has 4 N–H and O–H groups in total. The molecular weight excluding hydrogens is 386 g/mol. The van der Waals surface area contributed by atoms with Crippen LogP contribution < -0.4 is 16.6 Å². The third kappa shape index (κ3) is 3.20. The summed E-state index contributed by atoms with van der Waals surface area (Å²) in [5.74, 6) is 3.05. The number of nitrogen functional groups attached to an aromatic ring is 1. The van der Waals surface area contributed by atoms with Crippen LogP contribution in [-0.2, 0) is 0 Å². The number of pyridine rings is 1. The smallest absolute Gasteiger partial charge is 0.178 e. The summed E-state index contributed by atoms with van der Waals surface area (Å²) in [6.45, 7) is 0. The highest BCUT2D eigenvalue weighted by Gasteiger charge is 2.12. The minimum atomic E-state index is -0.861. The maximum Gasteiger partial charge on any atom is 0.178 e. The van der Waals surface area contributed by atoms with E-state index in [2.05, 4.69) is 47.6 Å². The Kier molecular flexibility index (Phi) is 4.33. The Morgan fingerprint density at radius 1 is 1.05 bits per heavy atom. The van der Waals surface area contributed by atoms with Crippen LogP contribution in [0.5, 0.6) is 0 Å². The van der Waals surface area contributed by atoms with Crippen molar-refractivity contribution in [2.45, 2.75) is 0 Å². The minimum absolute atomic E-state index is 0.127. The Morgan fingerprint density at radius 3 is 2.37 bits per heavy atom. The standard InChI is InChI=1S/C11H8Br2F2N4/c12-5-1-2-9(6(13)3-5)17-10-7(14)4-8(15)11(18-10)19-16/h1-4H,16H2,(H2,17,18,19). The Morgan fingerprint density at radius 2 is 1.74 bits per heavy atom. The predicted octanol–water partition coefficient (Wildman–Crippen LogP) is 3.91. The van der Waals surface area contributed by atoms with Crippen molar-refractivity contribution in [1.29, 1.82) is 0 Å². The van der Waals surface area contributed by atoms with E-state index < -0.39 is 11.6 Å². The molecule has 1 aromatic heterocycles. The average Bonchev–Trinajstić information content (AvgIpc) is 2.35. The van der Waals surface area contributed by atoms with Gasteiger partial charge < -0.3 is 10.7 Å². The molecule has 1 aromatic carbocycles. The molecule has 2 rings (SSSR count). The van der Waals surface area contributed by atoms with Gasteiger partial charge in [0.05, 0.1) is 5.69 Å². The lowest BCUT2D eigenvalue weighted by molar-refractivity contribution is 0.579. The summed E-state index contributed by atoms with van der Waals surface area (Å²) < 4.78 is 28.4. The first-order valence-electron chi connectivity index (χ1n) is 5.06. The molecule has 4 nitrogen and oxygen atoms in total. The van der Waals surface area contributed by atoms with Crippen molar-refractivity contribution in [3.63, 3.8) is 0 Å². The second-order valence-corrected chi connectivity index (χ2v) is 5.31. The van der Waals surface area contributed by atoms with Crippen LogP contribution in [0.15, 0.2) is 33.2 Å². The quantitative estimate of drug-likeness (QED) is 0.546. The molecule has 0 unspecified atom stereocenters. The number of rotatable bonds is 3. The number of nitrogens with one attached hydrogen (secondary N) is 2. The summed E-state index contributed by atoms with van der Waals surface area (Å²) in [6, 6.07) is 5.98. The van der Waals surface area contributed by atoms with E-state index in [0.29, 0.717) is 16.2 Å². The predicted molar refractivity (Wildman–Crippen MR) is 77.1 cm³/mol. The Balaban J connectivity index is 2.37. The number of hydrazine groups is 1. The Bertz CT molecular complexity index is 622. The molecule has 0 saturated heterocycles. The maximum absolute atomic E-state index is 13.6. The molecular formula is C11H8Br2F2N4. The van der Waals surface area contributed by atoms with Gasteiger partial charge in [0.25, 0.3) is 0 Å². The molecule has 0 aliphatic rings. The summed E-state index contributed by atoms with van der Waals surface area (Å²) in [4.78, 5) is 3.72. The number of nitrogens with two attached hydrogens (primary N) is 1. The van der Waals surface area contributed by atoms with Crippen molar-refractivity contribution in [2.24, 2.45) is 5.84 Å². The molecule has 0 saturated carbocycles. The fourth-order valence-electron chi connectivity index (χ4n) is 1.37. The van der Waals surface area contributed by atoms with Crippen LogP contribution in [0.1, 0.15) is 0 Å². The van der Waals surface area contributed by atoms with Gasteiger partial charge in [-0.15, -0.1) is 0 Å². The van der Waals surface area contributed by atoms with Crippen LogP contribution in [0.25, 0.3) is 0 Å². The van der Waals surface area contributed by atoms with Gasteiger partial charge in [0.1, 0.15) is 0 Å². The summed E-state index contributed by atoms with van der Waals surface area (Å²) >= 11 is 6.63. The number of anilines is 3. The fourth-order valence-corrected chi connectivity index (χ4v) is 2.52. The van der Waals surface area contributed by atoms with Gasteiger partial charge in [-0.1, -0.05) is 15.9 Å². The summed E-state index contributed by atoms with van der Waals surface area (Å²) in [5.41, 5.74) is 2.65. The molecule has 0 radical (unpaired) electrons. The van der Waals surface area contributed by atoms with Crippen LogP contribution in [0.2, 0.25) is 0 Å². The van der Waals surface area contributed by atoms with Crippen molar-refractivity contribution >= 4 is 49.2 Å². The fraction of sp³-hybridized carbons (Fsp3) is 0. The van der Waals surface area contributed by atoms with Gasteiger partial charge in [-0.05, 0) is 34.1 Å². The van der Waals surface area contributed by atoms with Gasteiger partial charge in [-0.25, -0.2) is 19.6 Å². The molecule has 8 heteroatoms. The zero-order chi connectivity index (χ0) is 14.0. The minimum Gasteiger partial charge on any atom is -0.337 e. The van der Waals surface area contributed by atoms with Crippen LogP contribution >= 0.6 is 31.9 Å². The lowest BCUT2D eigenvalue weighted by Gasteiger charge is -2.11. The number of halogens is 4. The summed E-state index contributed by atoms with van der Waals surface area (Å²) in [5, 5.41) is 2.75. The topological polar surface area (TPSA) is 63.0 Å². The molecule has 0 fully saturated rings. The number of nitrogens with zero attached hydrogens (tertiary/aromatic N) is 1. The van der Waals surface area contributed by atoms with Crippen LogP contribution in [0, 0.1) is 11.6 Å². The van der Waals surface area contributed by atoms with Crippen molar-refractivity contribution < 1.29 is 8.78 Å². The van der Waals surface area contributed by atoms with Gasteiger partial charge in [0.15, 0.2) is 23.3 Å². The Hall–Kier alpha value is -1.25. The van der Waals surface area contributed by atoms with E-state index in [4.69, 9.17) is 5.84 Å². The number of hydrogen-bond acceptors (Lipinski definition) is 4. The number of aromatic nitrogens is 1. The summed E-state index contributed by atoms with van der Waals surface area (Å²) in [7, 11) is 0. The number of hydrogen-bond donors (Lipinski definition) is 3. The van der Waals surface area contributed by atoms with Gasteiger partial charge >= 0.3 is 0 Å². The first-order valence-corrected chi connectivity index (χ1v) is 6.64. The van der Waals surface area contributed by atoms with Crippen molar-refractivity contribution in [3.8, 4) is 0 Å². The third-order valence-corrected chi connectivity index (χ3v) is 3.40. The molecule has 0 bridgehead atoms. The highest BCUT2D eigenvalue weighted by molar-refractivity contribution is 9.11. The summed E-state index contributed by atoms with van der Waals surface area (Å²) in [6.07, 6.45) is 0. The normalized spacial score (nSPS) is 10.4. The molecule has 0 aliphatic carbocycles. The molecule has 0 amide bonds. The first-order chi connectivity index (χ1) is 9.01. The number of benzene rings is 1. The first kappa shape index (κ1) is 14.2. The second-order valence-electron chi connectivity index (χ2n) is 3.54. The highest BCUT2D eigenvalue weighted by Crippen LogP contribution is 2.29. The van der Waals surface area contributed by atoms with Crippen LogP contribution in [0.3, 0.4) is 0 Å². The molecule has 100 valence electrons. The van der Waals surface area contributed by atoms with E-state index in [1.54, 1.807) is 18.2 Å². The van der Waals surface area contributed by atoms with E-state index in [0.717, 1.165) is 4.47 Å². The van der Waals surface area contributed by atoms with Gasteiger partial charge in [0.2, 0.25) is 0 Å². The lowest BCUT2D eigenvalue weighted by Crippen LogP contribution is -2.12. The van der Waals surface area contributed by atoms with E-state index in [1.807, 2.05) is 0 Å². The zero-order valence-corrected chi connectivity index (χ0v) is 12.5. The monoisotopic (exact) mass is 392 g/mol. The molecule has 19 heavy (non-hydrogen) atoms. The van der Waals surface area contributed by atoms with Crippen LogP contribution in [0.4, 0.5) is 26.1 Å². The highest BCUT2D eigenvalue weighted by atomic mass is 79.9. The van der Waals surface area contributed by atoms with Gasteiger partial charge in [-0.2, -0.15) is 0 Å². The third-order valence-electron chi connectivity index (χ3n) is 2.25. The van der Waals surface area contributed by atoms with E-state index in [1.165, 1.54) is 0 Å². The zero-order valence-electron chi connectivity index (χ0n) is 9.35. The van der Waals surface area contributed by atoms with Crippen LogP contribution in [-0.4, -0.2) is 4.98 Å². The van der Waals surface area contributed by atoms with Crippen molar-refractivity contribution in [3.05, 3.63) is 44.8 Å². The SMILES string of the molecule is NNc1nc(Nc2ccc(Br)cc2Br)c(F)cc1F. The second kappa shape index (κ2) is 5.81.